The number of methoxy groups -OCH3 is 1. The van der Waals surface area contributed by atoms with E-state index in [2.05, 4.69) is 29.5 Å². The molecule has 23 heavy (non-hydrogen) atoms. The molecule has 1 aromatic rings. The predicted molar refractivity (Wildman–Crippen MR) is 96.2 cm³/mol. The van der Waals surface area contributed by atoms with Crippen molar-refractivity contribution in [2.24, 2.45) is 10.9 Å². The van der Waals surface area contributed by atoms with E-state index in [1.54, 1.807) is 26.3 Å². The Morgan fingerprint density at radius 2 is 2.09 bits per heavy atom. The van der Waals surface area contributed by atoms with Gasteiger partial charge in [-0.1, -0.05) is 33.1 Å². The molecule has 0 aliphatic heterocycles. The number of benzene rings is 1. The van der Waals surface area contributed by atoms with Crippen molar-refractivity contribution in [1.82, 2.24) is 10.6 Å². The van der Waals surface area contributed by atoms with Crippen LogP contribution in [-0.4, -0.2) is 31.8 Å². The van der Waals surface area contributed by atoms with Crippen LogP contribution in [0.25, 0.3) is 0 Å². The van der Waals surface area contributed by atoms with E-state index in [4.69, 9.17) is 4.74 Å². The fourth-order valence-corrected chi connectivity index (χ4v) is 2.41. The largest absolute Gasteiger partial charge is 0.508 e. The number of guanidine groups is 1. The quantitative estimate of drug-likeness (QED) is 0.482. The van der Waals surface area contributed by atoms with Crippen LogP contribution < -0.4 is 15.4 Å². The number of phenols is 1. The van der Waals surface area contributed by atoms with Crippen LogP contribution in [0, 0.1) is 5.92 Å². The van der Waals surface area contributed by atoms with Crippen molar-refractivity contribution in [2.75, 3.05) is 20.7 Å². The molecule has 0 saturated carbocycles. The summed E-state index contributed by atoms with van der Waals surface area (Å²) >= 11 is 0. The SMILES string of the molecule is CCCCC(CC)CNC(=NC)NCc1cc(OC)ccc1O. The number of aromatic hydroxyl groups is 1. The summed E-state index contributed by atoms with van der Waals surface area (Å²) in [6.45, 7) is 5.86. The lowest BCUT2D eigenvalue weighted by molar-refractivity contribution is 0.410. The molecule has 0 aliphatic rings. The Kier molecular flexibility index (Phi) is 8.95. The molecule has 5 heteroatoms. The Bertz CT molecular complexity index is 489. The summed E-state index contributed by atoms with van der Waals surface area (Å²) in [5, 5.41) is 16.5. The van der Waals surface area contributed by atoms with Gasteiger partial charge >= 0.3 is 0 Å². The lowest BCUT2D eigenvalue weighted by Gasteiger charge is -2.18. The summed E-state index contributed by atoms with van der Waals surface area (Å²) in [5.41, 5.74) is 0.783. The van der Waals surface area contributed by atoms with Gasteiger partial charge in [-0.05, 0) is 30.5 Å². The number of aliphatic imine (C=N–C) groups is 1. The normalized spacial score (nSPS) is 12.8. The summed E-state index contributed by atoms with van der Waals surface area (Å²) in [5.74, 6) is 2.40. The number of phenolic OH excluding ortho intramolecular Hbond substituents is 1. The maximum absolute atomic E-state index is 9.91. The Balaban J connectivity index is 2.51. The van der Waals surface area contributed by atoms with E-state index < -0.39 is 0 Å². The number of rotatable bonds is 9. The minimum Gasteiger partial charge on any atom is -0.508 e. The van der Waals surface area contributed by atoms with Crippen LogP contribution in [0.1, 0.15) is 45.1 Å². The van der Waals surface area contributed by atoms with Gasteiger partial charge in [0.15, 0.2) is 5.96 Å². The molecule has 0 saturated heterocycles. The molecule has 1 rings (SSSR count). The highest BCUT2D eigenvalue weighted by molar-refractivity contribution is 5.79. The van der Waals surface area contributed by atoms with Crippen LogP contribution >= 0.6 is 0 Å². The van der Waals surface area contributed by atoms with Gasteiger partial charge in [0.05, 0.1) is 7.11 Å². The van der Waals surface area contributed by atoms with E-state index in [0.717, 1.165) is 23.8 Å². The molecule has 5 nitrogen and oxygen atoms in total. The molecule has 0 amide bonds. The van der Waals surface area contributed by atoms with Gasteiger partial charge < -0.3 is 20.5 Å². The fourth-order valence-electron chi connectivity index (χ4n) is 2.41. The van der Waals surface area contributed by atoms with Crippen LogP contribution in [0.2, 0.25) is 0 Å². The molecule has 130 valence electrons. The van der Waals surface area contributed by atoms with Crippen LogP contribution in [0.5, 0.6) is 11.5 Å². The molecule has 0 fully saturated rings. The lowest BCUT2D eigenvalue weighted by Crippen LogP contribution is -2.39. The Hall–Kier alpha value is -1.91. The zero-order valence-electron chi connectivity index (χ0n) is 14.9. The van der Waals surface area contributed by atoms with E-state index in [0.29, 0.717) is 12.5 Å². The highest BCUT2D eigenvalue weighted by Gasteiger charge is 2.08. The summed E-state index contributed by atoms with van der Waals surface area (Å²) in [7, 11) is 3.37. The van der Waals surface area contributed by atoms with Gasteiger partial charge in [-0.3, -0.25) is 4.99 Å². The number of unbranched alkanes of at least 4 members (excludes halogenated alkanes) is 1. The lowest BCUT2D eigenvalue weighted by atomic mass is 9.99. The summed E-state index contributed by atoms with van der Waals surface area (Å²) in [6, 6.07) is 5.21. The smallest absolute Gasteiger partial charge is 0.191 e. The van der Waals surface area contributed by atoms with E-state index in [1.807, 2.05) is 6.07 Å². The van der Waals surface area contributed by atoms with Gasteiger partial charge in [0.2, 0.25) is 0 Å². The van der Waals surface area contributed by atoms with Crippen LogP contribution in [0.15, 0.2) is 23.2 Å². The van der Waals surface area contributed by atoms with Crippen molar-refractivity contribution in [1.29, 1.82) is 0 Å². The molecule has 1 aromatic carbocycles. The topological polar surface area (TPSA) is 65.9 Å². The van der Waals surface area contributed by atoms with Gasteiger partial charge in [0.25, 0.3) is 0 Å². The Morgan fingerprint density at radius 3 is 2.70 bits per heavy atom. The fraction of sp³-hybridized carbons (Fsp3) is 0.611. The standard InChI is InChI=1S/C18H31N3O2/c1-5-7-8-14(6-2)12-20-18(19-3)21-13-15-11-16(23-4)9-10-17(15)22/h9-11,14,22H,5-8,12-13H2,1-4H3,(H2,19,20,21). The molecule has 0 aliphatic carbocycles. The molecule has 1 unspecified atom stereocenters. The summed E-state index contributed by atoms with van der Waals surface area (Å²) in [4.78, 5) is 4.24. The first kappa shape index (κ1) is 19.1. The van der Waals surface area contributed by atoms with Gasteiger partial charge in [-0.25, -0.2) is 0 Å². The van der Waals surface area contributed by atoms with E-state index in [-0.39, 0.29) is 5.75 Å². The third kappa shape index (κ3) is 6.80. The second-order valence-corrected chi connectivity index (χ2v) is 5.72. The Morgan fingerprint density at radius 1 is 1.30 bits per heavy atom. The number of nitrogens with one attached hydrogen (secondary N) is 2. The predicted octanol–water partition coefficient (Wildman–Crippen LogP) is 3.28. The average Bonchev–Trinajstić information content (AvgIpc) is 2.58. The van der Waals surface area contributed by atoms with Crippen LogP contribution in [-0.2, 0) is 6.54 Å². The molecule has 0 aromatic heterocycles. The first-order valence-corrected chi connectivity index (χ1v) is 8.44. The van der Waals surface area contributed by atoms with Crippen molar-refractivity contribution in [3.8, 4) is 11.5 Å². The molecule has 3 N–H and O–H groups in total. The molecule has 0 radical (unpaired) electrons. The van der Waals surface area contributed by atoms with Crippen molar-refractivity contribution < 1.29 is 9.84 Å². The Labute approximate surface area is 140 Å². The highest BCUT2D eigenvalue weighted by atomic mass is 16.5. The number of nitrogens with zero attached hydrogens (tertiary/aromatic N) is 1. The second kappa shape index (κ2) is 10.8. The third-order valence-corrected chi connectivity index (χ3v) is 4.06. The number of hydrogen-bond acceptors (Lipinski definition) is 3. The van der Waals surface area contributed by atoms with Gasteiger partial charge in [-0.15, -0.1) is 0 Å². The van der Waals surface area contributed by atoms with E-state index in [1.165, 1.54) is 25.7 Å². The maximum atomic E-state index is 9.91. The molecule has 0 heterocycles. The molecule has 1 atom stereocenters. The van der Waals surface area contributed by atoms with Crippen molar-refractivity contribution >= 4 is 5.96 Å². The van der Waals surface area contributed by atoms with Gasteiger partial charge in [-0.2, -0.15) is 0 Å². The maximum Gasteiger partial charge on any atom is 0.191 e. The minimum absolute atomic E-state index is 0.253. The molecule has 0 spiro atoms. The zero-order chi connectivity index (χ0) is 17.1. The van der Waals surface area contributed by atoms with Gasteiger partial charge in [0.1, 0.15) is 11.5 Å². The number of ether oxygens (including phenoxy) is 1. The first-order chi connectivity index (χ1) is 11.1. The molecular formula is C18H31N3O2. The third-order valence-electron chi connectivity index (χ3n) is 4.06. The monoisotopic (exact) mass is 321 g/mol. The van der Waals surface area contributed by atoms with Crippen molar-refractivity contribution in [3.63, 3.8) is 0 Å². The highest BCUT2D eigenvalue weighted by Crippen LogP contribution is 2.22. The summed E-state index contributed by atoms with van der Waals surface area (Å²) in [6.07, 6.45) is 4.91. The van der Waals surface area contributed by atoms with E-state index >= 15 is 0 Å². The van der Waals surface area contributed by atoms with Crippen molar-refractivity contribution in [3.05, 3.63) is 23.8 Å². The average molecular weight is 321 g/mol. The van der Waals surface area contributed by atoms with Crippen LogP contribution in [0.4, 0.5) is 0 Å². The minimum atomic E-state index is 0.253. The van der Waals surface area contributed by atoms with E-state index in [9.17, 15) is 5.11 Å². The van der Waals surface area contributed by atoms with Gasteiger partial charge in [0, 0.05) is 25.7 Å². The molecule has 0 bridgehead atoms. The second-order valence-electron chi connectivity index (χ2n) is 5.72. The first-order valence-electron chi connectivity index (χ1n) is 8.44. The number of hydrogen-bond donors (Lipinski definition) is 3. The zero-order valence-corrected chi connectivity index (χ0v) is 14.9. The van der Waals surface area contributed by atoms with Crippen LogP contribution in [0.3, 0.4) is 0 Å². The molecular weight excluding hydrogens is 290 g/mol. The summed E-state index contributed by atoms with van der Waals surface area (Å²) < 4.78 is 5.19. The van der Waals surface area contributed by atoms with Crippen molar-refractivity contribution in [2.45, 2.75) is 46.1 Å².